The zero-order valence-electron chi connectivity index (χ0n) is 14.7. The number of imidazole rings is 1. The van der Waals surface area contributed by atoms with E-state index in [1.807, 2.05) is 59.2 Å². The molecule has 0 saturated heterocycles. The van der Waals surface area contributed by atoms with Gasteiger partial charge >= 0.3 is 0 Å². The molecule has 27 heavy (non-hydrogen) atoms. The van der Waals surface area contributed by atoms with Gasteiger partial charge in [0.1, 0.15) is 12.9 Å². The summed E-state index contributed by atoms with van der Waals surface area (Å²) < 4.78 is 7.80. The third kappa shape index (κ3) is 3.91. The number of pyridine rings is 1. The van der Waals surface area contributed by atoms with Crippen LogP contribution >= 0.6 is 0 Å². The monoisotopic (exact) mass is 358 g/mol. The van der Waals surface area contributed by atoms with E-state index in [1.54, 1.807) is 12.5 Å². The fourth-order valence-electron chi connectivity index (χ4n) is 2.99. The first-order chi connectivity index (χ1) is 13.3. The van der Waals surface area contributed by atoms with Crippen molar-refractivity contribution in [3.05, 3.63) is 94.9 Å². The van der Waals surface area contributed by atoms with Crippen LogP contribution in [0, 0.1) is 4.91 Å². The van der Waals surface area contributed by atoms with Crippen molar-refractivity contribution in [1.29, 1.82) is 0 Å². The number of hydrogen-bond donors (Lipinski definition) is 0. The van der Waals surface area contributed by atoms with E-state index in [0.717, 1.165) is 33.5 Å². The summed E-state index contributed by atoms with van der Waals surface area (Å²) in [5.41, 5.74) is 5.68. The molecule has 2 aromatic carbocycles. The highest BCUT2D eigenvalue weighted by atomic mass is 16.5. The van der Waals surface area contributed by atoms with E-state index in [9.17, 15) is 4.91 Å². The minimum absolute atomic E-state index is 0.159. The molecule has 2 heterocycles. The number of ether oxygens (including phenoxy) is 1. The number of aromatic nitrogens is 3. The van der Waals surface area contributed by atoms with Crippen molar-refractivity contribution in [3.8, 4) is 5.69 Å². The molecule has 0 saturated carbocycles. The lowest BCUT2D eigenvalue weighted by Gasteiger charge is -2.08. The largest absolute Gasteiger partial charge is 0.370 e. The lowest BCUT2D eigenvalue weighted by molar-refractivity contribution is 0.104. The molecule has 0 aliphatic heterocycles. The zero-order chi connectivity index (χ0) is 18.5. The Balaban J connectivity index is 1.52. The van der Waals surface area contributed by atoms with E-state index in [2.05, 4.69) is 21.2 Å². The zero-order valence-corrected chi connectivity index (χ0v) is 14.7. The third-order valence-corrected chi connectivity index (χ3v) is 4.29. The van der Waals surface area contributed by atoms with Crippen LogP contribution in [0.3, 0.4) is 0 Å². The summed E-state index contributed by atoms with van der Waals surface area (Å²) in [7, 11) is 0. The third-order valence-electron chi connectivity index (χ3n) is 4.29. The lowest BCUT2D eigenvalue weighted by Crippen LogP contribution is -1.98. The second-order valence-electron chi connectivity index (χ2n) is 6.21. The van der Waals surface area contributed by atoms with Gasteiger partial charge in [0.2, 0.25) is 0 Å². The molecular weight excluding hydrogens is 340 g/mol. The van der Waals surface area contributed by atoms with Crippen LogP contribution in [0.4, 0.5) is 0 Å². The Kier molecular flexibility index (Phi) is 4.98. The number of fused-ring (bicyclic) bond motifs is 1. The number of benzene rings is 2. The molecule has 4 rings (SSSR count). The quantitative estimate of drug-likeness (QED) is 0.459. The Bertz CT molecular complexity index is 1060. The Labute approximate surface area is 156 Å². The van der Waals surface area contributed by atoms with Crippen LogP contribution < -0.4 is 0 Å². The first-order valence-electron chi connectivity index (χ1n) is 8.65. The summed E-state index contributed by atoms with van der Waals surface area (Å²) in [5.74, 6) is 0. The molecule has 0 bridgehead atoms. The summed E-state index contributed by atoms with van der Waals surface area (Å²) in [6, 6.07) is 19.7. The minimum Gasteiger partial charge on any atom is -0.370 e. The molecule has 0 fully saturated rings. The second-order valence-corrected chi connectivity index (χ2v) is 6.21. The van der Waals surface area contributed by atoms with Crippen molar-refractivity contribution in [2.24, 2.45) is 5.18 Å². The maximum atomic E-state index is 10.5. The van der Waals surface area contributed by atoms with E-state index in [-0.39, 0.29) is 6.54 Å². The predicted molar refractivity (Wildman–Crippen MR) is 103 cm³/mol. The van der Waals surface area contributed by atoms with Crippen LogP contribution in [-0.4, -0.2) is 14.5 Å². The van der Waals surface area contributed by atoms with Crippen molar-refractivity contribution in [2.45, 2.75) is 19.8 Å². The van der Waals surface area contributed by atoms with Crippen molar-refractivity contribution < 1.29 is 4.74 Å². The number of nitrogens with zero attached hydrogens (tertiary/aromatic N) is 4. The highest BCUT2D eigenvalue weighted by Crippen LogP contribution is 2.21. The van der Waals surface area contributed by atoms with E-state index in [4.69, 9.17) is 4.74 Å². The summed E-state index contributed by atoms with van der Waals surface area (Å²) in [6.07, 6.45) is 3.55. The number of nitroso groups, excluding NO2 is 1. The molecule has 0 radical (unpaired) electrons. The van der Waals surface area contributed by atoms with Crippen molar-refractivity contribution in [1.82, 2.24) is 14.5 Å². The summed E-state index contributed by atoms with van der Waals surface area (Å²) in [4.78, 5) is 19.2. The van der Waals surface area contributed by atoms with E-state index in [1.165, 1.54) is 0 Å². The molecule has 0 unspecified atom stereocenters. The van der Waals surface area contributed by atoms with Crippen LogP contribution in [-0.2, 0) is 24.5 Å². The van der Waals surface area contributed by atoms with Gasteiger partial charge in [-0.25, -0.2) is 4.98 Å². The van der Waals surface area contributed by atoms with Gasteiger partial charge in [-0.2, -0.15) is 4.91 Å². The maximum absolute atomic E-state index is 10.5. The predicted octanol–water partition coefficient (Wildman–Crippen LogP) is 4.40. The van der Waals surface area contributed by atoms with E-state index in [0.29, 0.717) is 13.2 Å². The standard InChI is InChI=1S/C21H18N4O2/c26-24-12-16-7-8-21-20(11-16)23-15-25(21)19-6-3-4-17(10-19)13-27-14-18-5-1-2-9-22-18/h1-11,15H,12-14H2. The maximum Gasteiger partial charge on any atom is 0.106 e. The molecule has 0 atom stereocenters. The van der Waals surface area contributed by atoms with Crippen LogP contribution in [0.25, 0.3) is 16.7 Å². The van der Waals surface area contributed by atoms with Crippen molar-refractivity contribution in [3.63, 3.8) is 0 Å². The highest BCUT2D eigenvalue weighted by Gasteiger charge is 2.07. The van der Waals surface area contributed by atoms with Crippen LogP contribution in [0.1, 0.15) is 16.8 Å². The smallest absolute Gasteiger partial charge is 0.106 e. The summed E-state index contributed by atoms with van der Waals surface area (Å²) in [6.45, 7) is 1.14. The molecule has 0 aliphatic carbocycles. The molecule has 0 amide bonds. The van der Waals surface area contributed by atoms with E-state index >= 15 is 0 Å². The average molecular weight is 358 g/mol. The van der Waals surface area contributed by atoms with Crippen LogP contribution in [0.5, 0.6) is 0 Å². The molecule has 2 aromatic heterocycles. The topological polar surface area (TPSA) is 69.4 Å². The molecule has 0 aliphatic rings. The van der Waals surface area contributed by atoms with Crippen molar-refractivity contribution in [2.75, 3.05) is 0 Å². The molecule has 6 nitrogen and oxygen atoms in total. The Morgan fingerprint density at radius 1 is 0.926 bits per heavy atom. The van der Waals surface area contributed by atoms with Gasteiger partial charge in [-0.15, -0.1) is 0 Å². The molecule has 0 N–H and O–H groups in total. The number of hydrogen-bond acceptors (Lipinski definition) is 5. The molecule has 6 heteroatoms. The molecule has 4 aromatic rings. The van der Waals surface area contributed by atoms with E-state index < -0.39 is 0 Å². The SMILES string of the molecule is O=NCc1ccc2c(c1)ncn2-c1cccc(COCc2ccccn2)c1. The fraction of sp³-hybridized carbons (Fsp3) is 0.143. The van der Waals surface area contributed by atoms with Gasteiger partial charge in [-0.05, 0) is 47.5 Å². The van der Waals surface area contributed by atoms with Crippen LogP contribution in [0.2, 0.25) is 0 Å². The average Bonchev–Trinajstić information content (AvgIpc) is 3.13. The Morgan fingerprint density at radius 3 is 2.74 bits per heavy atom. The minimum atomic E-state index is 0.159. The van der Waals surface area contributed by atoms with Gasteiger partial charge in [0, 0.05) is 11.9 Å². The van der Waals surface area contributed by atoms with Gasteiger partial charge in [-0.3, -0.25) is 9.55 Å². The first-order valence-corrected chi connectivity index (χ1v) is 8.65. The molecule has 0 spiro atoms. The van der Waals surface area contributed by atoms with Gasteiger partial charge in [0.15, 0.2) is 0 Å². The molecular formula is C21H18N4O2. The van der Waals surface area contributed by atoms with Crippen LogP contribution in [0.15, 0.2) is 78.4 Å². The Hall–Kier alpha value is -3.38. The second kappa shape index (κ2) is 7.88. The van der Waals surface area contributed by atoms with Gasteiger partial charge in [0.05, 0.1) is 29.9 Å². The van der Waals surface area contributed by atoms with Gasteiger partial charge < -0.3 is 4.74 Å². The van der Waals surface area contributed by atoms with Gasteiger partial charge in [-0.1, -0.05) is 29.4 Å². The molecule has 134 valence electrons. The Morgan fingerprint density at radius 2 is 1.89 bits per heavy atom. The van der Waals surface area contributed by atoms with Gasteiger partial charge in [0.25, 0.3) is 0 Å². The highest BCUT2D eigenvalue weighted by molar-refractivity contribution is 5.78. The normalized spacial score (nSPS) is 11.0. The summed E-state index contributed by atoms with van der Waals surface area (Å²) >= 11 is 0. The lowest BCUT2D eigenvalue weighted by atomic mass is 10.2. The van der Waals surface area contributed by atoms with Crippen molar-refractivity contribution >= 4 is 11.0 Å². The number of rotatable bonds is 7. The summed E-state index contributed by atoms with van der Waals surface area (Å²) in [5, 5.41) is 2.94. The first kappa shape index (κ1) is 17.1. The fourth-order valence-corrected chi connectivity index (χ4v) is 2.99.